The Morgan fingerprint density at radius 2 is 2.21 bits per heavy atom. The molecule has 0 unspecified atom stereocenters. The van der Waals surface area contributed by atoms with Gasteiger partial charge in [-0.05, 0) is 37.5 Å². The van der Waals surface area contributed by atoms with Crippen LogP contribution in [-0.4, -0.2) is 42.7 Å². The fourth-order valence-corrected chi connectivity index (χ4v) is 2.69. The zero-order chi connectivity index (χ0) is 17.5. The van der Waals surface area contributed by atoms with Gasteiger partial charge in [0.05, 0.1) is 18.2 Å². The third-order valence-electron chi connectivity index (χ3n) is 3.79. The molecule has 1 aliphatic heterocycles. The zero-order valence-corrected chi connectivity index (χ0v) is 14.4. The van der Waals surface area contributed by atoms with E-state index in [1.165, 1.54) is 12.1 Å². The molecule has 0 atom stereocenters. The Kier molecular flexibility index (Phi) is 6.66. The number of nitrogens with zero attached hydrogens (tertiary/aromatic N) is 2. The number of hydrogen-bond donors (Lipinski definition) is 2. The van der Waals surface area contributed by atoms with E-state index in [9.17, 15) is 9.18 Å². The standard InChI is InChI=1S/C16H22ClFN4O2/c1-2-24-16(23)22-7-5-12(6-8-22)21-15(19)20-10-11-3-4-14(18)13(17)9-11/h3-4,9,12H,2,5-8,10H2,1H3,(H3,19,20,21). The Morgan fingerprint density at radius 3 is 2.83 bits per heavy atom. The number of likely N-dealkylation sites (tertiary alicyclic amines) is 1. The summed E-state index contributed by atoms with van der Waals surface area (Å²) in [5.74, 6) is -0.131. The summed E-state index contributed by atoms with van der Waals surface area (Å²) in [6.45, 7) is 3.73. The van der Waals surface area contributed by atoms with E-state index in [1.54, 1.807) is 17.9 Å². The molecule has 1 amide bonds. The van der Waals surface area contributed by atoms with Gasteiger partial charge in [0.1, 0.15) is 5.82 Å². The quantitative estimate of drug-likeness (QED) is 0.641. The smallest absolute Gasteiger partial charge is 0.409 e. The van der Waals surface area contributed by atoms with Gasteiger partial charge in [-0.3, -0.25) is 0 Å². The van der Waals surface area contributed by atoms with Crippen molar-refractivity contribution in [3.63, 3.8) is 0 Å². The molecule has 0 radical (unpaired) electrons. The number of guanidine groups is 1. The van der Waals surface area contributed by atoms with Crippen LogP contribution in [0.3, 0.4) is 0 Å². The van der Waals surface area contributed by atoms with E-state index in [4.69, 9.17) is 22.1 Å². The molecule has 24 heavy (non-hydrogen) atoms. The maximum Gasteiger partial charge on any atom is 0.409 e. The molecule has 1 heterocycles. The van der Waals surface area contributed by atoms with E-state index in [2.05, 4.69) is 10.3 Å². The van der Waals surface area contributed by atoms with Crippen molar-refractivity contribution < 1.29 is 13.9 Å². The van der Waals surface area contributed by atoms with Crippen LogP contribution >= 0.6 is 11.6 Å². The molecular formula is C16H22ClFN4O2. The maximum absolute atomic E-state index is 13.1. The van der Waals surface area contributed by atoms with E-state index in [0.29, 0.717) is 32.2 Å². The number of carbonyl (C=O) groups excluding carboxylic acids is 1. The lowest BCUT2D eigenvalue weighted by atomic mass is 10.1. The number of ether oxygens (including phenoxy) is 1. The third kappa shape index (κ3) is 5.26. The molecule has 1 fully saturated rings. The number of halogens is 2. The molecule has 0 saturated carbocycles. The highest BCUT2D eigenvalue weighted by Crippen LogP contribution is 2.16. The molecule has 0 spiro atoms. The molecule has 3 N–H and O–H groups in total. The van der Waals surface area contributed by atoms with Gasteiger partial charge in [0.2, 0.25) is 0 Å². The topological polar surface area (TPSA) is 80.0 Å². The molecule has 1 aromatic carbocycles. The fraction of sp³-hybridized carbons (Fsp3) is 0.500. The zero-order valence-electron chi connectivity index (χ0n) is 13.6. The number of amides is 1. The Morgan fingerprint density at radius 1 is 1.50 bits per heavy atom. The second kappa shape index (κ2) is 8.73. The summed E-state index contributed by atoms with van der Waals surface area (Å²) in [5.41, 5.74) is 6.67. The largest absolute Gasteiger partial charge is 0.450 e. The molecule has 2 rings (SSSR count). The minimum absolute atomic E-state index is 0.0700. The average molecular weight is 357 g/mol. The van der Waals surface area contributed by atoms with Crippen molar-refractivity contribution in [2.75, 3.05) is 19.7 Å². The van der Waals surface area contributed by atoms with Gasteiger partial charge in [-0.15, -0.1) is 0 Å². The lowest BCUT2D eigenvalue weighted by molar-refractivity contribution is 0.0963. The molecule has 1 aromatic rings. The van der Waals surface area contributed by atoms with Crippen LogP contribution in [0.4, 0.5) is 9.18 Å². The van der Waals surface area contributed by atoms with Crippen molar-refractivity contribution in [3.8, 4) is 0 Å². The van der Waals surface area contributed by atoms with Gasteiger partial charge in [0.15, 0.2) is 5.96 Å². The summed E-state index contributed by atoms with van der Waals surface area (Å²) in [5, 5.41) is 3.22. The van der Waals surface area contributed by atoms with Crippen LogP contribution in [0.2, 0.25) is 5.02 Å². The lowest BCUT2D eigenvalue weighted by Gasteiger charge is -2.31. The monoisotopic (exact) mass is 356 g/mol. The number of piperidine rings is 1. The van der Waals surface area contributed by atoms with E-state index >= 15 is 0 Å². The van der Waals surface area contributed by atoms with Crippen molar-refractivity contribution in [1.29, 1.82) is 0 Å². The first kappa shape index (κ1) is 18.3. The summed E-state index contributed by atoms with van der Waals surface area (Å²) in [6.07, 6.45) is 1.28. The molecule has 0 bridgehead atoms. The summed E-state index contributed by atoms with van der Waals surface area (Å²) in [6, 6.07) is 4.62. The van der Waals surface area contributed by atoms with E-state index < -0.39 is 5.82 Å². The average Bonchev–Trinajstić information content (AvgIpc) is 2.57. The molecule has 6 nitrogen and oxygen atoms in total. The van der Waals surface area contributed by atoms with Gasteiger partial charge in [-0.25, -0.2) is 14.2 Å². The number of carbonyl (C=O) groups is 1. The fourth-order valence-electron chi connectivity index (χ4n) is 2.49. The molecule has 0 aromatic heterocycles. The number of aliphatic imine (C=N–C) groups is 1. The highest BCUT2D eigenvalue weighted by molar-refractivity contribution is 6.30. The second-order valence-electron chi connectivity index (χ2n) is 5.55. The third-order valence-corrected chi connectivity index (χ3v) is 4.08. The van der Waals surface area contributed by atoms with Crippen molar-refractivity contribution in [2.24, 2.45) is 10.7 Å². The van der Waals surface area contributed by atoms with Crippen LogP contribution in [0.25, 0.3) is 0 Å². The Bertz CT molecular complexity index is 604. The second-order valence-corrected chi connectivity index (χ2v) is 5.96. The van der Waals surface area contributed by atoms with Crippen molar-refractivity contribution >= 4 is 23.7 Å². The van der Waals surface area contributed by atoms with E-state index in [-0.39, 0.29) is 17.2 Å². The number of rotatable bonds is 4. The van der Waals surface area contributed by atoms with Gasteiger partial charge in [0.25, 0.3) is 0 Å². The Hall–Kier alpha value is -2.02. The summed E-state index contributed by atoms with van der Waals surface area (Å²) in [4.78, 5) is 17.6. The maximum atomic E-state index is 13.1. The number of nitrogens with one attached hydrogen (secondary N) is 1. The number of hydrogen-bond acceptors (Lipinski definition) is 3. The first-order chi connectivity index (χ1) is 11.5. The molecule has 132 valence electrons. The van der Waals surface area contributed by atoms with Gasteiger partial charge in [-0.1, -0.05) is 17.7 Å². The van der Waals surface area contributed by atoms with E-state index in [0.717, 1.165) is 18.4 Å². The van der Waals surface area contributed by atoms with Gasteiger partial charge < -0.3 is 20.7 Å². The number of nitrogens with two attached hydrogens (primary N) is 1. The molecule has 8 heteroatoms. The van der Waals surface area contributed by atoms with E-state index in [1.807, 2.05) is 0 Å². The summed E-state index contributed by atoms with van der Waals surface area (Å²) >= 11 is 5.73. The highest BCUT2D eigenvalue weighted by Gasteiger charge is 2.23. The molecule has 1 saturated heterocycles. The van der Waals surface area contributed by atoms with Crippen LogP contribution in [-0.2, 0) is 11.3 Å². The first-order valence-electron chi connectivity index (χ1n) is 7.91. The minimum Gasteiger partial charge on any atom is -0.450 e. The Balaban J connectivity index is 1.79. The van der Waals surface area contributed by atoms with Crippen molar-refractivity contribution in [2.45, 2.75) is 32.4 Å². The Labute approximate surface area is 145 Å². The van der Waals surface area contributed by atoms with Crippen LogP contribution in [0.5, 0.6) is 0 Å². The molecule has 1 aliphatic rings. The first-order valence-corrected chi connectivity index (χ1v) is 8.29. The van der Waals surface area contributed by atoms with Gasteiger partial charge in [0, 0.05) is 19.1 Å². The van der Waals surface area contributed by atoms with Gasteiger partial charge in [-0.2, -0.15) is 0 Å². The predicted octanol–water partition coefficient (Wildman–Crippen LogP) is 2.50. The summed E-state index contributed by atoms with van der Waals surface area (Å²) < 4.78 is 18.1. The normalized spacial score (nSPS) is 16.1. The van der Waals surface area contributed by atoms with Crippen LogP contribution in [0.15, 0.2) is 23.2 Å². The summed E-state index contributed by atoms with van der Waals surface area (Å²) in [7, 11) is 0. The number of benzene rings is 1. The predicted molar refractivity (Wildman–Crippen MR) is 91.5 cm³/mol. The van der Waals surface area contributed by atoms with Crippen LogP contribution in [0.1, 0.15) is 25.3 Å². The van der Waals surface area contributed by atoms with Crippen LogP contribution < -0.4 is 11.1 Å². The molecular weight excluding hydrogens is 335 g/mol. The van der Waals surface area contributed by atoms with Crippen molar-refractivity contribution in [1.82, 2.24) is 10.2 Å². The highest BCUT2D eigenvalue weighted by atomic mass is 35.5. The van der Waals surface area contributed by atoms with Crippen LogP contribution in [0, 0.1) is 5.82 Å². The SMILES string of the molecule is CCOC(=O)N1CCC(NC(N)=NCc2ccc(F)c(Cl)c2)CC1. The molecule has 0 aliphatic carbocycles. The minimum atomic E-state index is -0.455. The lowest BCUT2D eigenvalue weighted by Crippen LogP contribution is -2.48. The van der Waals surface area contributed by atoms with Crippen molar-refractivity contribution in [3.05, 3.63) is 34.6 Å². The van der Waals surface area contributed by atoms with Gasteiger partial charge >= 0.3 is 6.09 Å².